The van der Waals surface area contributed by atoms with Crippen LogP contribution in [0.25, 0.3) is 4.96 Å². The molecule has 3 aromatic rings. The van der Waals surface area contributed by atoms with Gasteiger partial charge in [0.05, 0.1) is 11.4 Å². The quantitative estimate of drug-likeness (QED) is 0.703. The first kappa shape index (κ1) is 13.3. The molecule has 3 nitrogen and oxygen atoms in total. The fourth-order valence-corrected chi connectivity index (χ4v) is 3.20. The highest BCUT2D eigenvalue weighted by atomic mass is 32.1. The van der Waals surface area contributed by atoms with Gasteiger partial charge in [-0.3, -0.25) is 4.40 Å². The molecule has 0 fully saturated rings. The van der Waals surface area contributed by atoms with Crippen molar-refractivity contribution in [2.75, 3.05) is 6.54 Å². The Morgan fingerprint density at radius 2 is 2.10 bits per heavy atom. The van der Waals surface area contributed by atoms with Crippen LogP contribution in [0.5, 0.6) is 0 Å². The first-order valence-corrected chi connectivity index (χ1v) is 7.88. The maximum Gasteiger partial charge on any atom is 0.194 e. The average molecular weight is 285 g/mol. The van der Waals surface area contributed by atoms with E-state index in [1.54, 1.807) is 11.3 Å². The van der Waals surface area contributed by atoms with Crippen molar-refractivity contribution < 1.29 is 0 Å². The number of benzene rings is 1. The maximum atomic E-state index is 4.56. The topological polar surface area (TPSA) is 29.3 Å². The first-order valence-electron chi connectivity index (χ1n) is 7.00. The third-order valence-corrected chi connectivity index (χ3v) is 4.27. The highest BCUT2D eigenvalue weighted by Gasteiger charge is 2.08. The van der Waals surface area contributed by atoms with Crippen molar-refractivity contribution in [2.45, 2.75) is 26.3 Å². The number of nitrogens with one attached hydrogen (secondary N) is 1. The summed E-state index contributed by atoms with van der Waals surface area (Å²) in [5.74, 6) is 0. The van der Waals surface area contributed by atoms with Gasteiger partial charge in [-0.05, 0) is 31.9 Å². The van der Waals surface area contributed by atoms with E-state index in [1.165, 1.54) is 11.3 Å². The Hall–Kier alpha value is -1.65. The summed E-state index contributed by atoms with van der Waals surface area (Å²) in [6.07, 6.45) is 4.39. The van der Waals surface area contributed by atoms with Crippen LogP contribution in [0.1, 0.15) is 23.4 Å². The maximum absolute atomic E-state index is 4.56. The van der Waals surface area contributed by atoms with E-state index >= 15 is 0 Å². The Morgan fingerprint density at radius 1 is 1.25 bits per heavy atom. The Labute approximate surface area is 123 Å². The van der Waals surface area contributed by atoms with Gasteiger partial charge < -0.3 is 5.32 Å². The summed E-state index contributed by atoms with van der Waals surface area (Å²) in [6, 6.07) is 10.7. The molecule has 1 aromatic carbocycles. The summed E-state index contributed by atoms with van der Waals surface area (Å²) in [7, 11) is 0. The summed E-state index contributed by atoms with van der Waals surface area (Å²) in [6.45, 7) is 4.00. The Kier molecular flexibility index (Phi) is 4.14. The normalized spacial score (nSPS) is 11.2. The van der Waals surface area contributed by atoms with Gasteiger partial charge in [-0.2, -0.15) is 0 Å². The van der Waals surface area contributed by atoms with Crippen LogP contribution in [0.3, 0.4) is 0 Å². The summed E-state index contributed by atoms with van der Waals surface area (Å²) >= 11 is 1.69. The lowest BCUT2D eigenvalue weighted by atomic mass is 10.1. The number of imidazole rings is 1. The molecule has 0 spiro atoms. The molecule has 0 saturated carbocycles. The zero-order valence-corrected chi connectivity index (χ0v) is 12.5. The molecule has 4 heteroatoms. The zero-order valence-electron chi connectivity index (χ0n) is 11.7. The molecule has 0 bridgehead atoms. The van der Waals surface area contributed by atoms with Crippen molar-refractivity contribution >= 4 is 16.3 Å². The third-order valence-electron chi connectivity index (χ3n) is 3.52. The van der Waals surface area contributed by atoms with E-state index < -0.39 is 0 Å². The monoisotopic (exact) mass is 285 g/mol. The Balaban J connectivity index is 1.48. The Morgan fingerprint density at radius 3 is 2.95 bits per heavy atom. The minimum atomic E-state index is 0.887. The van der Waals surface area contributed by atoms with Gasteiger partial charge in [-0.15, -0.1) is 11.3 Å². The fraction of sp³-hybridized carbons (Fsp3) is 0.312. The lowest BCUT2D eigenvalue weighted by Gasteiger charge is -2.05. The van der Waals surface area contributed by atoms with Crippen LogP contribution in [0.15, 0.2) is 41.9 Å². The number of aromatic nitrogens is 2. The number of hydrogen-bond donors (Lipinski definition) is 1. The molecule has 2 heterocycles. The number of fused-ring (bicyclic) bond motifs is 1. The van der Waals surface area contributed by atoms with E-state index in [0.29, 0.717) is 0 Å². The van der Waals surface area contributed by atoms with E-state index in [0.717, 1.165) is 36.6 Å². The molecular weight excluding hydrogens is 266 g/mol. The van der Waals surface area contributed by atoms with Crippen molar-refractivity contribution in [1.82, 2.24) is 14.7 Å². The number of aryl methyl sites for hydroxylation is 2. The van der Waals surface area contributed by atoms with Gasteiger partial charge in [-0.25, -0.2) is 4.98 Å². The van der Waals surface area contributed by atoms with E-state index in [1.807, 2.05) is 0 Å². The van der Waals surface area contributed by atoms with Crippen molar-refractivity contribution in [2.24, 2.45) is 0 Å². The predicted octanol–water partition coefficient (Wildman–Crippen LogP) is 3.43. The second-order valence-electron chi connectivity index (χ2n) is 4.97. The molecule has 3 rings (SSSR count). The standard InChI is InChI=1S/C16H19N3S/c1-13-15(19-10-11-20-16(19)18-13)12-17-9-5-8-14-6-3-2-4-7-14/h2-4,6-7,10-11,17H,5,8-9,12H2,1H3. The van der Waals surface area contributed by atoms with Gasteiger partial charge in [0.2, 0.25) is 0 Å². The second kappa shape index (κ2) is 6.20. The smallest absolute Gasteiger partial charge is 0.194 e. The minimum Gasteiger partial charge on any atom is -0.311 e. The van der Waals surface area contributed by atoms with Gasteiger partial charge in [0.1, 0.15) is 0 Å². The predicted molar refractivity (Wildman–Crippen MR) is 84.3 cm³/mol. The van der Waals surface area contributed by atoms with E-state index in [2.05, 4.69) is 63.5 Å². The number of rotatable bonds is 6. The summed E-state index contributed by atoms with van der Waals surface area (Å²) < 4.78 is 2.18. The van der Waals surface area contributed by atoms with Crippen molar-refractivity contribution in [3.05, 3.63) is 58.9 Å². The number of thiazole rings is 1. The summed E-state index contributed by atoms with van der Waals surface area (Å²) in [5, 5.41) is 5.61. The largest absolute Gasteiger partial charge is 0.311 e. The average Bonchev–Trinajstić information content (AvgIpc) is 3.02. The van der Waals surface area contributed by atoms with Crippen LogP contribution in [0, 0.1) is 6.92 Å². The molecule has 0 aliphatic rings. The van der Waals surface area contributed by atoms with Gasteiger partial charge in [0.15, 0.2) is 4.96 Å². The molecule has 1 N–H and O–H groups in total. The van der Waals surface area contributed by atoms with Crippen molar-refractivity contribution in [1.29, 1.82) is 0 Å². The molecule has 0 radical (unpaired) electrons. The molecule has 0 aliphatic heterocycles. The molecule has 0 saturated heterocycles. The fourth-order valence-electron chi connectivity index (χ4n) is 2.42. The lowest BCUT2D eigenvalue weighted by Crippen LogP contribution is -2.17. The molecule has 0 unspecified atom stereocenters. The van der Waals surface area contributed by atoms with Crippen molar-refractivity contribution in [3.8, 4) is 0 Å². The SMILES string of the molecule is Cc1nc2sccn2c1CNCCCc1ccccc1. The molecule has 2 aromatic heterocycles. The molecule has 104 valence electrons. The van der Waals surface area contributed by atoms with E-state index in [4.69, 9.17) is 0 Å². The van der Waals surface area contributed by atoms with Crippen LogP contribution in [-0.2, 0) is 13.0 Å². The van der Waals surface area contributed by atoms with Crippen LogP contribution in [0.4, 0.5) is 0 Å². The van der Waals surface area contributed by atoms with Crippen LogP contribution in [-0.4, -0.2) is 15.9 Å². The highest BCUT2D eigenvalue weighted by Crippen LogP contribution is 2.16. The first-order chi connectivity index (χ1) is 9.84. The molecule has 0 aliphatic carbocycles. The minimum absolute atomic E-state index is 0.887. The van der Waals surface area contributed by atoms with Gasteiger partial charge >= 0.3 is 0 Å². The number of nitrogens with zero attached hydrogens (tertiary/aromatic N) is 2. The van der Waals surface area contributed by atoms with Gasteiger partial charge in [0.25, 0.3) is 0 Å². The summed E-state index contributed by atoms with van der Waals surface area (Å²) in [4.78, 5) is 5.65. The molecule has 20 heavy (non-hydrogen) atoms. The molecule has 0 atom stereocenters. The third kappa shape index (κ3) is 2.92. The second-order valence-corrected chi connectivity index (χ2v) is 5.84. The Bertz CT molecular complexity index is 669. The van der Waals surface area contributed by atoms with Gasteiger partial charge in [-0.1, -0.05) is 30.3 Å². The molecular formula is C16H19N3S. The van der Waals surface area contributed by atoms with E-state index in [9.17, 15) is 0 Å². The van der Waals surface area contributed by atoms with E-state index in [-0.39, 0.29) is 0 Å². The van der Waals surface area contributed by atoms with Gasteiger partial charge in [0, 0.05) is 18.1 Å². The van der Waals surface area contributed by atoms with Crippen molar-refractivity contribution in [3.63, 3.8) is 0 Å². The van der Waals surface area contributed by atoms with Crippen LogP contribution < -0.4 is 5.32 Å². The lowest BCUT2D eigenvalue weighted by molar-refractivity contribution is 0.636. The molecule has 0 amide bonds. The summed E-state index contributed by atoms with van der Waals surface area (Å²) in [5.41, 5.74) is 3.82. The number of hydrogen-bond acceptors (Lipinski definition) is 3. The van der Waals surface area contributed by atoms with Crippen LogP contribution in [0.2, 0.25) is 0 Å². The zero-order chi connectivity index (χ0) is 13.8. The van der Waals surface area contributed by atoms with Crippen LogP contribution >= 0.6 is 11.3 Å². The highest BCUT2D eigenvalue weighted by molar-refractivity contribution is 7.15.